The first-order valence-electron chi connectivity index (χ1n) is 6.68. The summed E-state index contributed by atoms with van der Waals surface area (Å²) in [5.41, 5.74) is 1.42. The van der Waals surface area contributed by atoms with Crippen LogP contribution in [0.25, 0.3) is 0 Å². The van der Waals surface area contributed by atoms with Crippen LogP contribution in [0.1, 0.15) is 45.2 Å². The molecule has 116 valence electrons. The zero-order valence-corrected chi connectivity index (χ0v) is 13.5. The number of carboxylic acid groups (broad SMARTS) is 1. The van der Waals surface area contributed by atoms with Crippen molar-refractivity contribution in [1.29, 1.82) is 0 Å². The lowest BCUT2D eigenvalue weighted by Gasteiger charge is -2.16. The van der Waals surface area contributed by atoms with Gasteiger partial charge in [-0.3, -0.25) is 9.00 Å². The molecule has 2 N–H and O–H groups in total. The fourth-order valence-corrected chi connectivity index (χ4v) is 2.78. The maximum atomic E-state index is 12.3. The van der Waals surface area contributed by atoms with Gasteiger partial charge in [-0.15, -0.1) is 0 Å². The lowest BCUT2D eigenvalue weighted by molar-refractivity contribution is 0.0689. The van der Waals surface area contributed by atoms with Crippen LogP contribution < -0.4 is 5.32 Å². The summed E-state index contributed by atoms with van der Waals surface area (Å²) in [6.07, 6.45) is 2.20. The van der Waals surface area contributed by atoms with Crippen LogP contribution in [-0.2, 0) is 10.8 Å². The first-order chi connectivity index (χ1) is 9.73. The van der Waals surface area contributed by atoms with E-state index >= 15 is 0 Å². The Kier molecular flexibility index (Phi) is 6.08. The molecule has 2 atom stereocenters. The van der Waals surface area contributed by atoms with Crippen molar-refractivity contribution in [2.24, 2.45) is 0 Å². The first kappa shape index (κ1) is 17.4. The predicted molar refractivity (Wildman–Crippen MR) is 83.4 cm³/mol. The monoisotopic (exact) mass is 311 g/mol. The number of hydrogen-bond acceptors (Lipinski definition) is 3. The molecule has 1 rings (SSSR count). The molecule has 0 spiro atoms. The Labute approximate surface area is 127 Å². The van der Waals surface area contributed by atoms with Crippen LogP contribution in [0.4, 0.5) is 0 Å². The number of nitrogens with one attached hydrogen (secondary N) is 1. The van der Waals surface area contributed by atoms with Crippen molar-refractivity contribution in [3.05, 3.63) is 34.4 Å². The van der Waals surface area contributed by atoms with Crippen molar-refractivity contribution in [2.45, 2.75) is 33.2 Å². The Balaban J connectivity index is 3.00. The van der Waals surface area contributed by atoms with Crippen LogP contribution in [0.3, 0.4) is 0 Å². The summed E-state index contributed by atoms with van der Waals surface area (Å²) in [6, 6.07) is 3.27. The Bertz CT molecular complexity index is 583. The Hall–Kier alpha value is -1.69. The molecule has 0 saturated carbocycles. The number of rotatable bonds is 6. The topological polar surface area (TPSA) is 83.5 Å². The van der Waals surface area contributed by atoms with Crippen LogP contribution in [0, 0.1) is 13.8 Å². The molecule has 21 heavy (non-hydrogen) atoms. The van der Waals surface area contributed by atoms with Gasteiger partial charge in [-0.2, -0.15) is 0 Å². The summed E-state index contributed by atoms with van der Waals surface area (Å²) < 4.78 is 11.1. The van der Waals surface area contributed by atoms with Gasteiger partial charge in [-0.05, 0) is 38.3 Å². The molecule has 1 amide bonds. The van der Waals surface area contributed by atoms with Gasteiger partial charge in [0.15, 0.2) is 0 Å². The summed E-state index contributed by atoms with van der Waals surface area (Å²) >= 11 is 0. The molecule has 0 aliphatic heterocycles. The lowest BCUT2D eigenvalue weighted by Crippen LogP contribution is -2.35. The highest BCUT2D eigenvalue weighted by molar-refractivity contribution is 7.84. The Morgan fingerprint density at radius 2 is 1.76 bits per heavy atom. The van der Waals surface area contributed by atoms with Gasteiger partial charge in [0.25, 0.3) is 5.91 Å². The number of carbonyl (C=O) groups excluding carboxylic acids is 1. The van der Waals surface area contributed by atoms with E-state index in [1.165, 1.54) is 0 Å². The number of carbonyl (C=O) groups is 2. The molecular weight excluding hydrogens is 290 g/mol. The molecule has 0 saturated heterocycles. The zero-order chi connectivity index (χ0) is 16.2. The minimum absolute atomic E-state index is 0.0405. The minimum Gasteiger partial charge on any atom is -0.478 e. The van der Waals surface area contributed by atoms with Crippen molar-refractivity contribution in [3.63, 3.8) is 0 Å². The van der Waals surface area contributed by atoms with Crippen molar-refractivity contribution in [3.8, 4) is 0 Å². The van der Waals surface area contributed by atoms with Gasteiger partial charge in [0.05, 0.1) is 11.1 Å². The fourth-order valence-electron chi connectivity index (χ4n) is 2.09. The quantitative estimate of drug-likeness (QED) is 0.840. The smallest absolute Gasteiger partial charge is 0.336 e. The van der Waals surface area contributed by atoms with E-state index in [2.05, 4.69) is 5.32 Å². The van der Waals surface area contributed by atoms with E-state index in [9.17, 15) is 18.9 Å². The number of aromatic carboxylic acids is 1. The number of aryl methyl sites for hydroxylation is 2. The van der Waals surface area contributed by atoms with E-state index in [1.807, 2.05) is 6.92 Å². The van der Waals surface area contributed by atoms with Crippen molar-refractivity contribution >= 4 is 22.7 Å². The molecule has 0 aliphatic rings. The van der Waals surface area contributed by atoms with E-state index in [-0.39, 0.29) is 17.2 Å². The molecule has 0 aliphatic carbocycles. The maximum absolute atomic E-state index is 12.3. The average molecular weight is 311 g/mol. The first-order valence-corrected chi connectivity index (χ1v) is 8.41. The Morgan fingerprint density at radius 3 is 2.24 bits per heavy atom. The van der Waals surface area contributed by atoms with Gasteiger partial charge in [0, 0.05) is 28.9 Å². The summed E-state index contributed by atoms with van der Waals surface area (Å²) in [4.78, 5) is 23.7. The van der Waals surface area contributed by atoms with E-state index < -0.39 is 22.7 Å². The standard InChI is InChI=1S/C15H21NO4S/c1-9-5-6-10(2)13(15(18)19)12(9)14(17)16-11(3)7-8-21(4)20/h5-6,11H,7-8H2,1-4H3,(H,16,17)(H,18,19). The van der Waals surface area contributed by atoms with E-state index in [0.717, 1.165) is 0 Å². The molecule has 0 aromatic heterocycles. The second kappa shape index (κ2) is 7.36. The summed E-state index contributed by atoms with van der Waals surface area (Å²) in [6.45, 7) is 5.20. The predicted octanol–water partition coefficient (Wildman–Crippen LogP) is 1.89. The van der Waals surface area contributed by atoms with Gasteiger partial charge in [-0.1, -0.05) is 12.1 Å². The van der Waals surface area contributed by atoms with Gasteiger partial charge in [-0.25, -0.2) is 4.79 Å². The number of amides is 1. The van der Waals surface area contributed by atoms with E-state index in [4.69, 9.17) is 0 Å². The fraction of sp³-hybridized carbons (Fsp3) is 0.467. The third-order valence-electron chi connectivity index (χ3n) is 3.28. The molecule has 6 heteroatoms. The van der Waals surface area contributed by atoms with Crippen LogP contribution in [0.5, 0.6) is 0 Å². The molecular formula is C15H21NO4S. The molecule has 0 fully saturated rings. The number of benzene rings is 1. The SMILES string of the molecule is Cc1ccc(C)c(C(=O)NC(C)CCS(C)=O)c1C(=O)O. The summed E-state index contributed by atoms with van der Waals surface area (Å²) in [7, 11) is -0.911. The highest BCUT2D eigenvalue weighted by Crippen LogP contribution is 2.19. The van der Waals surface area contributed by atoms with Crippen LogP contribution in [0.15, 0.2) is 12.1 Å². The Morgan fingerprint density at radius 1 is 1.24 bits per heavy atom. The second-order valence-electron chi connectivity index (χ2n) is 5.20. The van der Waals surface area contributed by atoms with Crippen molar-refractivity contribution in [2.75, 3.05) is 12.0 Å². The molecule has 0 radical (unpaired) electrons. The molecule has 5 nitrogen and oxygen atoms in total. The van der Waals surface area contributed by atoms with Gasteiger partial charge < -0.3 is 10.4 Å². The summed E-state index contributed by atoms with van der Waals surface area (Å²) in [5, 5.41) is 12.1. The van der Waals surface area contributed by atoms with E-state index in [0.29, 0.717) is 23.3 Å². The summed E-state index contributed by atoms with van der Waals surface area (Å²) in [5.74, 6) is -1.01. The molecule has 1 aromatic rings. The molecule has 2 unspecified atom stereocenters. The average Bonchev–Trinajstić information content (AvgIpc) is 2.38. The van der Waals surface area contributed by atoms with Crippen LogP contribution in [0.2, 0.25) is 0 Å². The van der Waals surface area contributed by atoms with E-state index in [1.54, 1.807) is 32.2 Å². The lowest BCUT2D eigenvalue weighted by atomic mass is 9.96. The second-order valence-corrected chi connectivity index (χ2v) is 6.75. The largest absolute Gasteiger partial charge is 0.478 e. The zero-order valence-electron chi connectivity index (χ0n) is 12.7. The van der Waals surface area contributed by atoms with Gasteiger partial charge in [0.1, 0.15) is 0 Å². The van der Waals surface area contributed by atoms with Crippen LogP contribution in [-0.4, -0.2) is 39.2 Å². The highest BCUT2D eigenvalue weighted by atomic mass is 32.2. The minimum atomic E-state index is -1.11. The highest BCUT2D eigenvalue weighted by Gasteiger charge is 2.22. The van der Waals surface area contributed by atoms with Crippen molar-refractivity contribution < 1.29 is 18.9 Å². The number of carboxylic acids is 1. The molecule has 0 bridgehead atoms. The number of hydrogen-bond donors (Lipinski definition) is 2. The van der Waals surface area contributed by atoms with Gasteiger partial charge in [0.2, 0.25) is 0 Å². The van der Waals surface area contributed by atoms with Gasteiger partial charge >= 0.3 is 5.97 Å². The molecule has 1 aromatic carbocycles. The normalized spacial score (nSPS) is 13.5. The van der Waals surface area contributed by atoms with Crippen molar-refractivity contribution in [1.82, 2.24) is 5.32 Å². The molecule has 0 heterocycles. The van der Waals surface area contributed by atoms with Crippen LogP contribution >= 0.6 is 0 Å². The third-order valence-corrected chi connectivity index (χ3v) is 4.09. The third kappa shape index (κ3) is 4.67. The maximum Gasteiger partial charge on any atom is 0.336 e.